The van der Waals surface area contributed by atoms with Crippen molar-refractivity contribution in [3.05, 3.63) is 35.9 Å². The van der Waals surface area contributed by atoms with Crippen LogP contribution in [0.4, 0.5) is 4.79 Å². The molecule has 2 N–H and O–H groups in total. The second kappa shape index (κ2) is 7.11. The van der Waals surface area contributed by atoms with Crippen LogP contribution in [-0.2, 0) is 16.1 Å². The molecule has 0 aliphatic carbocycles. The van der Waals surface area contributed by atoms with Crippen LogP contribution in [0, 0.1) is 5.92 Å². The van der Waals surface area contributed by atoms with E-state index in [-0.39, 0.29) is 25.2 Å². The number of alkyl carbamates (subject to hydrolysis) is 1. The fourth-order valence-electron chi connectivity index (χ4n) is 2.10. The summed E-state index contributed by atoms with van der Waals surface area (Å²) in [6, 6.07) is 9.17. The first-order valence-electron chi connectivity index (χ1n) is 6.45. The van der Waals surface area contributed by atoms with Gasteiger partial charge in [-0.1, -0.05) is 30.3 Å². The van der Waals surface area contributed by atoms with Gasteiger partial charge in [0.25, 0.3) is 0 Å². The van der Waals surface area contributed by atoms with Crippen molar-refractivity contribution in [2.75, 3.05) is 19.8 Å². The van der Waals surface area contributed by atoms with Crippen LogP contribution in [-0.4, -0.2) is 37.1 Å². The molecule has 1 saturated heterocycles. The van der Waals surface area contributed by atoms with Gasteiger partial charge in [-0.15, -0.1) is 0 Å². The van der Waals surface area contributed by atoms with Gasteiger partial charge in [0, 0.05) is 12.5 Å². The van der Waals surface area contributed by atoms with Crippen LogP contribution in [0.15, 0.2) is 30.3 Å². The lowest BCUT2D eigenvalue weighted by molar-refractivity contribution is 0.115. The Balaban J connectivity index is 1.76. The van der Waals surface area contributed by atoms with E-state index in [1.165, 1.54) is 0 Å². The molecule has 2 unspecified atom stereocenters. The van der Waals surface area contributed by atoms with Crippen molar-refractivity contribution >= 4 is 6.09 Å². The third-order valence-corrected chi connectivity index (χ3v) is 3.25. The number of hydrogen-bond donors (Lipinski definition) is 2. The van der Waals surface area contributed by atoms with Crippen molar-refractivity contribution in [1.29, 1.82) is 0 Å². The Morgan fingerprint density at radius 1 is 1.47 bits per heavy atom. The maximum atomic E-state index is 11.7. The fourth-order valence-corrected chi connectivity index (χ4v) is 2.10. The molecule has 1 aliphatic heterocycles. The zero-order valence-electron chi connectivity index (χ0n) is 10.7. The number of aliphatic hydroxyl groups excluding tert-OH is 1. The quantitative estimate of drug-likeness (QED) is 0.842. The van der Waals surface area contributed by atoms with E-state index in [2.05, 4.69) is 5.32 Å². The Hall–Kier alpha value is -1.59. The molecule has 104 valence electrons. The van der Waals surface area contributed by atoms with Crippen molar-refractivity contribution < 1.29 is 19.4 Å². The minimum atomic E-state index is -0.505. The number of carbonyl (C=O) groups excluding carboxylic acids is 1. The van der Waals surface area contributed by atoms with Crippen LogP contribution in [0.25, 0.3) is 0 Å². The van der Waals surface area contributed by atoms with Crippen molar-refractivity contribution in [2.24, 2.45) is 5.92 Å². The third kappa shape index (κ3) is 4.22. The normalized spacial score (nSPS) is 19.9. The first kappa shape index (κ1) is 13.8. The summed E-state index contributed by atoms with van der Waals surface area (Å²) >= 11 is 0. The number of aliphatic hydroxyl groups is 1. The predicted octanol–water partition coefficient (Wildman–Crippen LogP) is 1.31. The van der Waals surface area contributed by atoms with Gasteiger partial charge >= 0.3 is 6.09 Å². The van der Waals surface area contributed by atoms with Crippen LogP contribution in [0.1, 0.15) is 12.0 Å². The largest absolute Gasteiger partial charge is 0.445 e. The maximum absolute atomic E-state index is 11.7. The van der Waals surface area contributed by atoms with Crippen molar-refractivity contribution in [1.82, 2.24) is 5.32 Å². The molecular formula is C14H19NO4. The van der Waals surface area contributed by atoms with Gasteiger partial charge in [0.1, 0.15) is 6.61 Å². The Morgan fingerprint density at radius 3 is 2.89 bits per heavy atom. The summed E-state index contributed by atoms with van der Waals surface area (Å²) in [7, 11) is 0. The van der Waals surface area contributed by atoms with Gasteiger partial charge < -0.3 is 19.9 Å². The van der Waals surface area contributed by atoms with Crippen molar-refractivity contribution in [3.63, 3.8) is 0 Å². The molecule has 0 aromatic heterocycles. The molecule has 0 bridgehead atoms. The molecular weight excluding hydrogens is 246 g/mol. The van der Waals surface area contributed by atoms with Crippen molar-refractivity contribution in [3.8, 4) is 0 Å². The molecule has 0 radical (unpaired) electrons. The zero-order chi connectivity index (χ0) is 13.5. The molecule has 1 aromatic rings. The molecule has 5 heteroatoms. The lowest BCUT2D eigenvalue weighted by Gasteiger charge is -2.21. The van der Waals surface area contributed by atoms with Gasteiger partial charge in [-0.3, -0.25) is 0 Å². The molecule has 1 heterocycles. The van der Waals surface area contributed by atoms with Gasteiger partial charge in [0.15, 0.2) is 0 Å². The highest BCUT2D eigenvalue weighted by Gasteiger charge is 2.26. The molecule has 1 fully saturated rings. The minimum absolute atomic E-state index is 0.103. The van der Waals surface area contributed by atoms with Gasteiger partial charge in [-0.25, -0.2) is 4.79 Å². The van der Waals surface area contributed by atoms with Crippen molar-refractivity contribution in [2.45, 2.75) is 19.1 Å². The number of benzene rings is 1. The van der Waals surface area contributed by atoms with E-state index in [1.54, 1.807) is 0 Å². The van der Waals surface area contributed by atoms with Crippen LogP contribution in [0.3, 0.4) is 0 Å². The SMILES string of the molecule is O=C(NC(CO)C1CCOC1)OCc1ccccc1. The number of rotatable bonds is 5. The Kier molecular flexibility index (Phi) is 5.18. The van der Waals surface area contributed by atoms with E-state index >= 15 is 0 Å². The van der Waals surface area contributed by atoms with E-state index < -0.39 is 6.09 Å². The lowest BCUT2D eigenvalue weighted by atomic mass is 10.0. The lowest BCUT2D eigenvalue weighted by Crippen LogP contribution is -2.43. The van der Waals surface area contributed by atoms with Gasteiger partial charge in [0.05, 0.1) is 19.3 Å². The van der Waals surface area contributed by atoms with Gasteiger partial charge in [0.2, 0.25) is 0 Å². The minimum Gasteiger partial charge on any atom is -0.445 e. The molecule has 1 aromatic carbocycles. The topological polar surface area (TPSA) is 67.8 Å². The number of ether oxygens (including phenoxy) is 2. The van der Waals surface area contributed by atoms with Gasteiger partial charge in [-0.05, 0) is 12.0 Å². The fraction of sp³-hybridized carbons (Fsp3) is 0.500. The second-order valence-corrected chi connectivity index (χ2v) is 4.62. The van der Waals surface area contributed by atoms with E-state index in [1.807, 2.05) is 30.3 Å². The maximum Gasteiger partial charge on any atom is 0.407 e. The van der Waals surface area contributed by atoms with E-state index in [4.69, 9.17) is 9.47 Å². The van der Waals surface area contributed by atoms with E-state index in [0.29, 0.717) is 13.2 Å². The summed E-state index contributed by atoms with van der Waals surface area (Å²) < 4.78 is 10.4. The number of hydrogen-bond acceptors (Lipinski definition) is 4. The number of carbonyl (C=O) groups is 1. The summed E-state index contributed by atoms with van der Waals surface area (Å²) in [5.74, 6) is 0.161. The predicted molar refractivity (Wildman–Crippen MR) is 69.6 cm³/mol. The smallest absolute Gasteiger partial charge is 0.407 e. The molecule has 0 saturated carbocycles. The molecule has 2 atom stereocenters. The van der Waals surface area contributed by atoms with Crippen LogP contribution in [0.2, 0.25) is 0 Å². The summed E-state index contributed by atoms with van der Waals surface area (Å²) in [6.07, 6.45) is 0.347. The highest BCUT2D eigenvalue weighted by atomic mass is 16.5. The number of amides is 1. The van der Waals surface area contributed by atoms with Crippen LogP contribution in [0.5, 0.6) is 0 Å². The summed E-state index contributed by atoms with van der Waals surface area (Å²) in [5, 5.41) is 12.0. The van der Waals surface area contributed by atoms with Gasteiger partial charge in [-0.2, -0.15) is 0 Å². The third-order valence-electron chi connectivity index (χ3n) is 3.25. The molecule has 1 aliphatic rings. The summed E-state index contributed by atoms with van der Waals surface area (Å²) in [5.41, 5.74) is 0.933. The highest BCUT2D eigenvalue weighted by Crippen LogP contribution is 2.16. The van der Waals surface area contributed by atoms with Crippen LogP contribution < -0.4 is 5.32 Å². The Bertz CT molecular complexity index is 390. The van der Waals surface area contributed by atoms with Crippen LogP contribution >= 0.6 is 0 Å². The molecule has 5 nitrogen and oxygen atoms in total. The Labute approximate surface area is 112 Å². The molecule has 0 spiro atoms. The summed E-state index contributed by atoms with van der Waals surface area (Å²) in [4.78, 5) is 11.7. The zero-order valence-corrected chi connectivity index (χ0v) is 10.7. The second-order valence-electron chi connectivity index (χ2n) is 4.62. The monoisotopic (exact) mass is 265 g/mol. The molecule has 19 heavy (non-hydrogen) atoms. The summed E-state index contributed by atoms with van der Waals surface area (Å²) in [6.45, 7) is 1.38. The average molecular weight is 265 g/mol. The van der Waals surface area contributed by atoms with E-state index in [0.717, 1.165) is 12.0 Å². The highest BCUT2D eigenvalue weighted by molar-refractivity contribution is 5.67. The standard InChI is InChI=1S/C14H19NO4/c16-8-13(12-6-7-18-10-12)15-14(17)19-9-11-4-2-1-3-5-11/h1-5,12-13,16H,6-10H2,(H,15,17). The first-order valence-corrected chi connectivity index (χ1v) is 6.45. The molecule has 1 amide bonds. The number of nitrogens with one attached hydrogen (secondary N) is 1. The van der Waals surface area contributed by atoms with E-state index in [9.17, 15) is 9.90 Å². The first-order chi connectivity index (χ1) is 9.29. The Morgan fingerprint density at radius 2 is 2.26 bits per heavy atom. The average Bonchev–Trinajstić information content (AvgIpc) is 2.97. The molecule has 2 rings (SSSR count).